The van der Waals surface area contributed by atoms with Crippen molar-refractivity contribution in [2.45, 2.75) is 12.5 Å². The topological polar surface area (TPSA) is 71.6 Å². The first-order valence-electron chi connectivity index (χ1n) is 11.9. The Bertz CT molecular complexity index is 1050. The molecule has 0 saturated carbocycles. The van der Waals surface area contributed by atoms with Crippen molar-refractivity contribution in [2.24, 2.45) is 0 Å². The highest BCUT2D eigenvalue weighted by Crippen LogP contribution is 2.28. The molecule has 2 aromatic rings. The molecule has 8 nitrogen and oxygen atoms in total. The third-order valence-corrected chi connectivity index (χ3v) is 6.47. The smallest absolute Gasteiger partial charge is 0.254 e. The van der Waals surface area contributed by atoms with Gasteiger partial charge in [0, 0.05) is 50.4 Å². The second-order valence-corrected chi connectivity index (χ2v) is 8.77. The van der Waals surface area contributed by atoms with E-state index >= 15 is 0 Å². The number of benzene rings is 2. The zero-order valence-corrected chi connectivity index (χ0v) is 20.2. The molecule has 35 heavy (non-hydrogen) atoms. The van der Waals surface area contributed by atoms with Gasteiger partial charge in [-0.05, 0) is 49.4 Å². The van der Waals surface area contributed by atoms with Crippen LogP contribution in [0.5, 0.6) is 11.5 Å². The summed E-state index contributed by atoms with van der Waals surface area (Å²) in [4.78, 5) is 31.8. The van der Waals surface area contributed by atoms with Crippen molar-refractivity contribution in [1.29, 1.82) is 0 Å². The second-order valence-electron chi connectivity index (χ2n) is 8.77. The summed E-state index contributed by atoms with van der Waals surface area (Å²) in [6, 6.07) is 11.0. The third kappa shape index (κ3) is 6.10. The molecule has 188 valence electrons. The van der Waals surface area contributed by atoms with Gasteiger partial charge in [-0.1, -0.05) is 6.07 Å². The minimum absolute atomic E-state index is 0.0337. The zero-order chi connectivity index (χ0) is 24.8. The summed E-state index contributed by atoms with van der Waals surface area (Å²) in [5, 5.41) is 0. The predicted octanol–water partition coefficient (Wildman–Crippen LogP) is 2.53. The van der Waals surface area contributed by atoms with Gasteiger partial charge in [0.1, 0.15) is 5.82 Å². The number of halogens is 1. The number of methoxy groups -OCH3 is 2. The maximum Gasteiger partial charge on any atom is 0.254 e. The Hall–Kier alpha value is -3.17. The molecular weight excluding hydrogens is 453 g/mol. The van der Waals surface area contributed by atoms with Crippen molar-refractivity contribution < 1.29 is 28.2 Å². The van der Waals surface area contributed by atoms with Crippen LogP contribution in [-0.4, -0.2) is 99.3 Å². The van der Waals surface area contributed by atoms with Gasteiger partial charge >= 0.3 is 0 Å². The van der Waals surface area contributed by atoms with Crippen LogP contribution in [0.4, 0.5) is 4.39 Å². The van der Waals surface area contributed by atoms with Gasteiger partial charge in [0.2, 0.25) is 0 Å². The summed E-state index contributed by atoms with van der Waals surface area (Å²) < 4.78 is 30.1. The summed E-state index contributed by atoms with van der Waals surface area (Å²) >= 11 is 0. The van der Waals surface area contributed by atoms with E-state index in [0.29, 0.717) is 62.0 Å². The number of carbonyl (C=O) groups is 2. The van der Waals surface area contributed by atoms with Crippen LogP contribution in [0.25, 0.3) is 0 Å². The van der Waals surface area contributed by atoms with E-state index in [1.165, 1.54) is 12.1 Å². The third-order valence-electron chi connectivity index (χ3n) is 6.47. The molecule has 2 heterocycles. The van der Waals surface area contributed by atoms with Gasteiger partial charge in [0.15, 0.2) is 11.5 Å². The first-order valence-corrected chi connectivity index (χ1v) is 11.9. The van der Waals surface area contributed by atoms with Gasteiger partial charge in [-0.25, -0.2) is 4.39 Å². The SMILES string of the molecule is COc1ccc(C(=O)N2CCCN(CC3CN(C(=O)c4cccc(F)c4)CCO3)CC2)cc1OC. The number of amides is 2. The fourth-order valence-corrected chi connectivity index (χ4v) is 4.61. The monoisotopic (exact) mass is 485 g/mol. The molecule has 0 bridgehead atoms. The highest BCUT2D eigenvalue weighted by Gasteiger charge is 2.28. The Kier molecular flexibility index (Phi) is 8.20. The van der Waals surface area contributed by atoms with Crippen LogP contribution in [0.3, 0.4) is 0 Å². The highest BCUT2D eigenvalue weighted by molar-refractivity contribution is 5.95. The molecular formula is C26H32FN3O5. The van der Waals surface area contributed by atoms with E-state index in [4.69, 9.17) is 14.2 Å². The molecule has 0 aromatic heterocycles. The van der Waals surface area contributed by atoms with Crippen molar-refractivity contribution >= 4 is 11.8 Å². The molecule has 2 fully saturated rings. The molecule has 2 amide bonds. The first-order chi connectivity index (χ1) is 17.0. The van der Waals surface area contributed by atoms with Gasteiger partial charge < -0.3 is 24.0 Å². The molecule has 2 saturated heterocycles. The van der Waals surface area contributed by atoms with Crippen LogP contribution < -0.4 is 9.47 Å². The number of hydrogen-bond donors (Lipinski definition) is 0. The average molecular weight is 486 g/mol. The van der Waals surface area contributed by atoms with Crippen molar-refractivity contribution in [3.63, 3.8) is 0 Å². The minimum atomic E-state index is -0.419. The van der Waals surface area contributed by atoms with Crippen molar-refractivity contribution in [2.75, 3.05) is 66.6 Å². The van der Waals surface area contributed by atoms with Crippen LogP contribution in [0.1, 0.15) is 27.1 Å². The van der Waals surface area contributed by atoms with Gasteiger partial charge in [-0.2, -0.15) is 0 Å². The summed E-state index contributed by atoms with van der Waals surface area (Å²) in [6.45, 7) is 4.89. The maximum atomic E-state index is 13.5. The number of hydrogen-bond acceptors (Lipinski definition) is 6. The Morgan fingerprint density at radius 2 is 1.69 bits per heavy atom. The lowest BCUT2D eigenvalue weighted by atomic mass is 10.1. The lowest BCUT2D eigenvalue weighted by molar-refractivity contribution is -0.0353. The molecule has 0 aliphatic carbocycles. The van der Waals surface area contributed by atoms with E-state index in [1.54, 1.807) is 49.5 Å². The van der Waals surface area contributed by atoms with Crippen LogP contribution >= 0.6 is 0 Å². The lowest BCUT2D eigenvalue weighted by Crippen LogP contribution is -2.50. The normalized spacial score (nSPS) is 19.2. The molecule has 1 unspecified atom stereocenters. The van der Waals surface area contributed by atoms with E-state index < -0.39 is 5.82 Å². The molecule has 0 N–H and O–H groups in total. The Balaban J connectivity index is 1.32. The standard InChI is InChI=1S/C26H32FN3O5/c1-33-23-8-7-20(16-24(23)34-2)25(31)29-10-4-9-28(11-12-29)17-22-18-30(13-14-35-22)26(32)19-5-3-6-21(27)15-19/h3,5-8,15-16,22H,4,9-14,17-18H2,1-2H3. The number of nitrogens with zero attached hydrogens (tertiary/aromatic N) is 3. The largest absolute Gasteiger partial charge is 0.493 e. The molecule has 4 rings (SSSR count). The van der Waals surface area contributed by atoms with Gasteiger partial charge in [-0.3, -0.25) is 14.5 Å². The number of carbonyl (C=O) groups excluding carboxylic acids is 2. The van der Waals surface area contributed by atoms with Crippen LogP contribution in [-0.2, 0) is 4.74 Å². The average Bonchev–Trinajstić information content (AvgIpc) is 3.13. The molecule has 1 atom stereocenters. The van der Waals surface area contributed by atoms with Crippen molar-refractivity contribution in [3.05, 3.63) is 59.4 Å². The lowest BCUT2D eigenvalue weighted by Gasteiger charge is -2.35. The number of ether oxygens (including phenoxy) is 3. The van der Waals surface area contributed by atoms with Gasteiger partial charge in [-0.15, -0.1) is 0 Å². The quantitative estimate of drug-likeness (QED) is 0.626. The molecule has 0 radical (unpaired) electrons. The van der Waals surface area contributed by atoms with Gasteiger partial charge in [0.05, 0.1) is 26.9 Å². The van der Waals surface area contributed by atoms with E-state index in [9.17, 15) is 14.0 Å². The Labute approximate surface area is 205 Å². The van der Waals surface area contributed by atoms with Crippen molar-refractivity contribution in [3.8, 4) is 11.5 Å². The Morgan fingerprint density at radius 3 is 2.46 bits per heavy atom. The van der Waals surface area contributed by atoms with Crippen LogP contribution in [0.2, 0.25) is 0 Å². The summed E-state index contributed by atoms with van der Waals surface area (Å²) in [6.07, 6.45) is 0.715. The zero-order valence-electron chi connectivity index (χ0n) is 20.2. The predicted molar refractivity (Wildman–Crippen MR) is 129 cm³/mol. The van der Waals surface area contributed by atoms with Gasteiger partial charge in [0.25, 0.3) is 11.8 Å². The molecule has 0 spiro atoms. The summed E-state index contributed by atoms with van der Waals surface area (Å²) in [7, 11) is 3.12. The maximum absolute atomic E-state index is 13.5. The van der Waals surface area contributed by atoms with E-state index in [-0.39, 0.29) is 17.9 Å². The molecule has 2 aliphatic heterocycles. The highest BCUT2D eigenvalue weighted by atomic mass is 19.1. The Morgan fingerprint density at radius 1 is 0.914 bits per heavy atom. The minimum Gasteiger partial charge on any atom is -0.493 e. The van der Waals surface area contributed by atoms with E-state index in [0.717, 1.165) is 19.5 Å². The molecule has 2 aromatic carbocycles. The van der Waals surface area contributed by atoms with Crippen LogP contribution in [0, 0.1) is 5.82 Å². The number of rotatable bonds is 6. The van der Waals surface area contributed by atoms with Crippen molar-refractivity contribution in [1.82, 2.24) is 14.7 Å². The molecule has 2 aliphatic rings. The second kappa shape index (κ2) is 11.5. The number of morpholine rings is 1. The molecule has 9 heteroatoms. The summed E-state index contributed by atoms with van der Waals surface area (Å²) in [5.41, 5.74) is 0.919. The van der Waals surface area contributed by atoms with E-state index in [1.807, 2.05) is 4.90 Å². The fourth-order valence-electron chi connectivity index (χ4n) is 4.61. The van der Waals surface area contributed by atoms with Crippen LogP contribution in [0.15, 0.2) is 42.5 Å². The summed E-state index contributed by atoms with van der Waals surface area (Å²) in [5.74, 6) is 0.483. The first kappa shape index (κ1) is 24.9. The fraction of sp³-hybridized carbons (Fsp3) is 0.462. The van der Waals surface area contributed by atoms with E-state index in [2.05, 4.69) is 4.90 Å².